The van der Waals surface area contributed by atoms with Crippen LogP contribution in [-0.4, -0.2) is 33.2 Å². The van der Waals surface area contributed by atoms with Crippen molar-refractivity contribution in [1.29, 1.82) is 0 Å². The number of nitrogens with one attached hydrogen (secondary N) is 1. The van der Waals surface area contributed by atoms with Gasteiger partial charge in [0.2, 0.25) is 11.7 Å². The third kappa shape index (κ3) is 4.95. The van der Waals surface area contributed by atoms with E-state index in [4.69, 9.17) is 4.74 Å². The summed E-state index contributed by atoms with van der Waals surface area (Å²) in [6.07, 6.45) is 0. The molecule has 1 heterocycles. The van der Waals surface area contributed by atoms with Crippen LogP contribution in [0.3, 0.4) is 0 Å². The molecular weight excluding hydrogens is 390 g/mol. The van der Waals surface area contributed by atoms with Crippen molar-refractivity contribution in [2.24, 2.45) is 0 Å². The van der Waals surface area contributed by atoms with Crippen LogP contribution in [0.1, 0.15) is 18.5 Å². The van der Waals surface area contributed by atoms with Gasteiger partial charge >= 0.3 is 0 Å². The molecule has 31 heavy (non-hydrogen) atoms. The largest absolute Gasteiger partial charge is 0.497 e. The first-order valence-corrected chi connectivity index (χ1v) is 9.99. The summed E-state index contributed by atoms with van der Waals surface area (Å²) in [6, 6.07) is 25.5. The molecule has 1 N–H and O–H groups in total. The van der Waals surface area contributed by atoms with Crippen LogP contribution < -0.4 is 10.1 Å². The number of tetrazole rings is 1. The molecule has 0 radical (unpaired) electrons. The first-order chi connectivity index (χ1) is 15.1. The van der Waals surface area contributed by atoms with E-state index in [1.807, 2.05) is 85.8 Å². The quantitative estimate of drug-likeness (QED) is 0.497. The van der Waals surface area contributed by atoms with E-state index in [2.05, 4.69) is 20.7 Å². The predicted molar refractivity (Wildman–Crippen MR) is 118 cm³/mol. The van der Waals surface area contributed by atoms with Crippen molar-refractivity contribution in [2.45, 2.75) is 19.5 Å². The number of methoxy groups -OCH3 is 1. The normalized spacial score (nSPS) is 11.7. The molecule has 0 saturated heterocycles. The molecule has 0 bridgehead atoms. The highest BCUT2D eigenvalue weighted by Gasteiger charge is 2.13. The van der Waals surface area contributed by atoms with E-state index in [-0.39, 0.29) is 18.5 Å². The van der Waals surface area contributed by atoms with Crippen LogP contribution in [0.15, 0.2) is 78.9 Å². The summed E-state index contributed by atoms with van der Waals surface area (Å²) in [5.41, 5.74) is 4.04. The smallest absolute Gasteiger partial charge is 0.244 e. The molecule has 0 aliphatic heterocycles. The maximum atomic E-state index is 12.3. The molecule has 4 aromatic rings. The van der Waals surface area contributed by atoms with Gasteiger partial charge in [-0.2, -0.15) is 4.80 Å². The Morgan fingerprint density at radius 3 is 2.19 bits per heavy atom. The molecule has 0 saturated carbocycles. The Labute approximate surface area is 180 Å². The molecule has 0 spiro atoms. The topological polar surface area (TPSA) is 81.9 Å². The average Bonchev–Trinajstić information content (AvgIpc) is 3.28. The minimum Gasteiger partial charge on any atom is -0.497 e. The summed E-state index contributed by atoms with van der Waals surface area (Å²) in [6.45, 7) is 1.95. The molecule has 7 heteroatoms. The number of hydrogen-bond donors (Lipinski definition) is 1. The molecule has 0 aliphatic rings. The van der Waals surface area contributed by atoms with Gasteiger partial charge in [-0.25, -0.2) is 0 Å². The Morgan fingerprint density at radius 1 is 0.935 bits per heavy atom. The van der Waals surface area contributed by atoms with Crippen molar-refractivity contribution >= 4 is 5.91 Å². The summed E-state index contributed by atoms with van der Waals surface area (Å²) in [5, 5.41) is 15.4. The van der Waals surface area contributed by atoms with Gasteiger partial charge in [-0.05, 0) is 41.0 Å². The molecule has 156 valence electrons. The highest BCUT2D eigenvalue weighted by Crippen LogP contribution is 2.24. The van der Waals surface area contributed by atoms with Gasteiger partial charge in [-0.1, -0.05) is 66.7 Å². The lowest BCUT2D eigenvalue weighted by atomic mass is 10.0. The average molecular weight is 413 g/mol. The lowest BCUT2D eigenvalue weighted by molar-refractivity contribution is -0.122. The Balaban J connectivity index is 1.39. The van der Waals surface area contributed by atoms with E-state index in [9.17, 15) is 4.79 Å². The summed E-state index contributed by atoms with van der Waals surface area (Å²) in [7, 11) is 1.65. The molecule has 7 nitrogen and oxygen atoms in total. The lowest BCUT2D eigenvalue weighted by Gasteiger charge is -2.13. The standard InChI is InChI=1S/C24H23N5O2/c1-17(18-6-4-3-5-7-18)25-23(30)16-29-27-24(26-28-29)21-10-8-19(9-11-21)20-12-14-22(31-2)15-13-20/h3-15,17H,16H2,1-2H3,(H,25,30)/t17-/m1/s1. The van der Waals surface area contributed by atoms with Crippen molar-refractivity contribution in [3.63, 3.8) is 0 Å². The fourth-order valence-electron chi connectivity index (χ4n) is 3.26. The summed E-state index contributed by atoms with van der Waals surface area (Å²) in [4.78, 5) is 13.6. The van der Waals surface area contributed by atoms with Crippen molar-refractivity contribution in [2.75, 3.05) is 7.11 Å². The Bertz CT molecular complexity index is 1140. The molecule has 0 unspecified atom stereocenters. The fourth-order valence-corrected chi connectivity index (χ4v) is 3.26. The zero-order chi connectivity index (χ0) is 21.6. The second-order valence-corrected chi connectivity index (χ2v) is 7.15. The van der Waals surface area contributed by atoms with Crippen molar-refractivity contribution < 1.29 is 9.53 Å². The molecule has 0 fully saturated rings. The highest BCUT2D eigenvalue weighted by atomic mass is 16.5. The van der Waals surface area contributed by atoms with Crippen LogP contribution in [0.4, 0.5) is 0 Å². The van der Waals surface area contributed by atoms with Crippen LogP contribution in [0.2, 0.25) is 0 Å². The zero-order valence-corrected chi connectivity index (χ0v) is 17.4. The van der Waals surface area contributed by atoms with Crippen molar-refractivity contribution in [1.82, 2.24) is 25.5 Å². The van der Waals surface area contributed by atoms with E-state index in [0.29, 0.717) is 5.82 Å². The minimum atomic E-state index is -0.171. The van der Waals surface area contributed by atoms with Crippen LogP contribution in [-0.2, 0) is 11.3 Å². The number of nitrogens with zero attached hydrogens (tertiary/aromatic N) is 4. The number of hydrogen-bond acceptors (Lipinski definition) is 5. The number of ether oxygens (including phenoxy) is 1. The van der Waals surface area contributed by atoms with Gasteiger partial charge in [0, 0.05) is 5.56 Å². The maximum Gasteiger partial charge on any atom is 0.244 e. The number of amides is 1. The number of carbonyl (C=O) groups is 1. The van der Waals surface area contributed by atoms with Crippen LogP contribution >= 0.6 is 0 Å². The van der Waals surface area contributed by atoms with Crippen molar-refractivity contribution in [3.05, 3.63) is 84.4 Å². The number of carbonyl (C=O) groups excluding carboxylic acids is 1. The zero-order valence-electron chi connectivity index (χ0n) is 17.4. The lowest BCUT2D eigenvalue weighted by Crippen LogP contribution is -2.30. The Hall–Kier alpha value is -4.00. The van der Waals surface area contributed by atoms with E-state index in [0.717, 1.165) is 28.0 Å². The highest BCUT2D eigenvalue weighted by molar-refractivity contribution is 5.76. The van der Waals surface area contributed by atoms with E-state index in [1.54, 1.807) is 7.11 Å². The van der Waals surface area contributed by atoms with Crippen LogP contribution in [0.25, 0.3) is 22.5 Å². The summed E-state index contributed by atoms with van der Waals surface area (Å²) in [5.74, 6) is 1.13. The number of aromatic nitrogens is 4. The molecule has 0 aliphatic carbocycles. The molecule has 4 rings (SSSR count). The molecule has 1 amide bonds. The second kappa shape index (κ2) is 9.21. The molecule has 3 aromatic carbocycles. The number of benzene rings is 3. The summed E-state index contributed by atoms with van der Waals surface area (Å²) >= 11 is 0. The second-order valence-electron chi connectivity index (χ2n) is 7.15. The van der Waals surface area contributed by atoms with Crippen LogP contribution in [0, 0.1) is 0 Å². The molecular formula is C24H23N5O2. The van der Waals surface area contributed by atoms with Gasteiger partial charge in [-0.3, -0.25) is 4.79 Å². The first kappa shape index (κ1) is 20.3. The SMILES string of the molecule is COc1ccc(-c2ccc(-c3nnn(CC(=O)N[C@H](C)c4ccccc4)n3)cc2)cc1. The number of rotatable bonds is 7. The van der Waals surface area contributed by atoms with Gasteiger partial charge in [0.05, 0.1) is 13.2 Å². The van der Waals surface area contributed by atoms with E-state index >= 15 is 0 Å². The third-order valence-electron chi connectivity index (χ3n) is 4.98. The van der Waals surface area contributed by atoms with Gasteiger partial charge < -0.3 is 10.1 Å². The predicted octanol–water partition coefficient (Wildman–Crippen LogP) is 3.89. The van der Waals surface area contributed by atoms with Gasteiger partial charge in [0.25, 0.3) is 0 Å². The van der Waals surface area contributed by atoms with Crippen LogP contribution in [0.5, 0.6) is 5.75 Å². The first-order valence-electron chi connectivity index (χ1n) is 9.99. The summed E-state index contributed by atoms with van der Waals surface area (Å²) < 4.78 is 5.20. The van der Waals surface area contributed by atoms with Crippen molar-refractivity contribution in [3.8, 4) is 28.3 Å². The Morgan fingerprint density at radius 2 is 1.55 bits per heavy atom. The Kier molecular flexibility index (Phi) is 6.03. The molecule has 1 atom stereocenters. The molecule has 1 aromatic heterocycles. The van der Waals surface area contributed by atoms with Gasteiger partial charge in [0.1, 0.15) is 12.3 Å². The van der Waals surface area contributed by atoms with E-state index in [1.165, 1.54) is 4.80 Å². The fraction of sp³-hybridized carbons (Fsp3) is 0.167. The van der Waals surface area contributed by atoms with E-state index < -0.39 is 0 Å². The maximum absolute atomic E-state index is 12.3. The van der Waals surface area contributed by atoms with Gasteiger partial charge in [-0.15, -0.1) is 10.2 Å². The minimum absolute atomic E-state index is 0.00804. The third-order valence-corrected chi connectivity index (χ3v) is 4.98. The van der Waals surface area contributed by atoms with Gasteiger partial charge in [0.15, 0.2) is 0 Å². The monoisotopic (exact) mass is 413 g/mol.